The number of likely N-dealkylation sites (N-methyl/N-ethyl adjacent to an activating group) is 1. The van der Waals surface area contributed by atoms with Gasteiger partial charge in [-0.15, -0.1) is 0 Å². The van der Waals surface area contributed by atoms with E-state index >= 15 is 0 Å². The van der Waals surface area contributed by atoms with Crippen LogP contribution in [-0.4, -0.2) is 34.7 Å². The fraction of sp³-hybridized carbons (Fsp3) is 0.273. The zero-order valence-corrected chi connectivity index (χ0v) is 11.8. The Hall–Kier alpha value is -2.03. The molecule has 0 saturated carbocycles. The van der Waals surface area contributed by atoms with Gasteiger partial charge in [-0.2, -0.15) is 0 Å². The second-order valence-electron chi connectivity index (χ2n) is 4.23. The lowest BCUT2D eigenvalue weighted by Crippen LogP contribution is -2.32. The van der Waals surface area contributed by atoms with Crippen LogP contribution in [0.3, 0.4) is 0 Å². The average Bonchev–Trinajstić information content (AvgIpc) is 2.61. The van der Waals surface area contributed by atoms with E-state index in [2.05, 4.69) is 21.2 Å². The molecule has 1 atom stereocenters. The number of hydrogen-bond donors (Lipinski definition) is 1. The van der Waals surface area contributed by atoms with Crippen LogP contribution in [0.2, 0.25) is 0 Å². The first-order chi connectivity index (χ1) is 9.31. The van der Waals surface area contributed by atoms with E-state index < -0.39 is 28.6 Å². The van der Waals surface area contributed by atoms with Gasteiger partial charge in [0.2, 0.25) is 5.91 Å². The molecule has 1 saturated heterocycles. The lowest BCUT2D eigenvalue weighted by atomic mass is 10.2. The lowest BCUT2D eigenvalue weighted by molar-refractivity contribution is -0.384. The molecule has 0 spiro atoms. The number of halogens is 2. The van der Waals surface area contributed by atoms with E-state index in [-0.39, 0.29) is 22.3 Å². The van der Waals surface area contributed by atoms with Crippen molar-refractivity contribution in [3.05, 3.63) is 32.5 Å². The highest BCUT2D eigenvalue weighted by Crippen LogP contribution is 2.32. The van der Waals surface area contributed by atoms with E-state index in [0.29, 0.717) is 0 Å². The quantitative estimate of drug-likeness (QED) is 0.511. The van der Waals surface area contributed by atoms with Gasteiger partial charge < -0.3 is 5.32 Å². The zero-order valence-electron chi connectivity index (χ0n) is 10.2. The SMILES string of the molecule is CN1C(=O)CC(Nc2cc(F)c(Br)cc2[N+](=O)[O-])C1=O. The summed E-state index contributed by atoms with van der Waals surface area (Å²) in [5.74, 6) is -1.61. The number of carbonyl (C=O) groups excluding carboxylic acids is 2. The van der Waals surface area contributed by atoms with Crippen LogP contribution in [0, 0.1) is 15.9 Å². The maximum absolute atomic E-state index is 13.5. The number of carbonyl (C=O) groups is 2. The number of nitro benzene ring substituents is 1. The van der Waals surface area contributed by atoms with Crippen molar-refractivity contribution < 1.29 is 18.9 Å². The van der Waals surface area contributed by atoms with E-state index in [1.807, 2.05) is 0 Å². The summed E-state index contributed by atoms with van der Waals surface area (Å²) in [6.07, 6.45) is -0.121. The molecule has 1 aliphatic heterocycles. The van der Waals surface area contributed by atoms with E-state index in [9.17, 15) is 24.1 Å². The number of nitrogens with one attached hydrogen (secondary N) is 1. The van der Waals surface area contributed by atoms with Crippen molar-refractivity contribution in [3.8, 4) is 0 Å². The van der Waals surface area contributed by atoms with Crippen molar-refractivity contribution in [1.82, 2.24) is 4.90 Å². The summed E-state index contributed by atoms with van der Waals surface area (Å²) in [7, 11) is 1.32. The van der Waals surface area contributed by atoms with Crippen molar-refractivity contribution >= 4 is 39.1 Å². The van der Waals surface area contributed by atoms with Crippen LogP contribution in [0.25, 0.3) is 0 Å². The van der Waals surface area contributed by atoms with Crippen molar-refractivity contribution in [2.75, 3.05) is 12.4 Å². The summed E-state index contributed by atoms with van der Waals surface area (Å²) in [4.78, 5) is 34.3. The van der Waals surface area contributed by atoms with E-state index in [1.54, 1.807) is 0 Å². The van der Waals surface area contributed by atoms with Gasteiger partial charge in [-0.3, -0.25) is 24.6 Å². The largest absolute Gasteiger partial charge is 0.368 e. The number of likely N-dealkylation sites (tertiary alicyclic amines) is 1. The second-order valence-corrected chi connectivity index (χ2v) is 5.09. The molecule has 1 fully saturated rings. The van der Waals surface area contributed by atoms with E-state index in [0.717, 1.165) is 17.0 Å². The number of hydrogen-bond acceptors (Lipinski definition) is 5. The van der Waals surface area contributed by atoms with Gasteiger partial charge in [0.05, 0.1) is 15.8 Å². The molecule has 0 aliphatic carbocycles. The number of benzene rings is 1. The van der Waals surface area contributed by atoms with Crippen LogP contribution in [0.15, 0.2) is 16.6 Å². The smallest absolute Gasteiger partial charge is 0.293 e. The summed E-state index contributed by atoms with van der Waals surface area (Å²) in [6.45, 7) is 0. The molecule has 1 heterocycles. The Labute approximate surface area is 121 Å². The van der Waals surface area contributed by atoms with Crippen molar-refractivity contribution in [2.45, 2.75) is 12.5 Å². The lowest BCUT2D eigenvalue weighted by Gasteiger charge is -2.13. The Morgan fingerprint density at radius 3 is 2.65 bits per heavy atom. The number of imide groups is 1. The minimum atomic E-state index is -0.924. The van der Waals surface area contributed by atoms with Crippen molar-refractivity contribution in [2.24, 2.45) is 0 Å². The van der Waals surface area contributed by atoms with Crippen molar-refractivity contribution in [1.29, 1.82) is 0 Å². The Bertz CT molecular complexity index is 622. The molecule has 20 heavy (non-hydrogen) atoms. The molecule has 1 aliphatic rings. The van der Waals surface area contributed by atoms with Gasteiger partial charge in [-0.1, -0.05) is 0 Å². The molecule has 0 aromatic heterocycles. The number of nitrogens with zero attached hydrogens (tertiary/aromatic N) is 2. The fourth-order valence-corrected chi connectivity index (χ4v) is 2.19. The maximum atomic E-state index is 13.5. The predicted octanol–water partition coefficient (Wildman–Crippen LogP) is 1.67. The van der Waals surface area contributed by atoms with Gasteiger partial charge in [0.1, 0.15) is 17.5 Å². The van der Waals surface area contributed by atoms with Crippen LogP contribution in [0.1, 0.15) is 6.42 Å². The molecule has 1 aromatic carbocycles. The summed E-state index contributed by atoms with van der Waals surface area (Å²) >= 11 is 2.86. The molecule has 7 nitrogen and oxygen atoms in total. The summed E-state index contributed by atoms with van der Waals surface area (Å²) in [5, 5.41) is 13.5. The molecule has 106 valence electrons. The predicted molar refractivity (Wildman–Crippen MR) is 70.6 cm³/mol. The third-order valence-corrected chi connectivity index (χ3v) is 3.55. The topological polar surface area (TPSA) is 92.6 Å². The summed E-state index contributed by atoms with van der Waals surface area (Å²) < 4.78 is 13.4. The van der Waals surface area contributed by atoms with Crippen LogP contribution >= 0.6 is 15.9 Å². The number of anilines is 1. The zero-order chi connectivity index (χ0) is 15.0. The van der Waals surface area contributed by atoms with Crippen LogP contribution in [0.4, 0.5) is 15.8 Å². The Kier molecular flexibility index (Phi) is 3.71. The second kappa shape index (κ2) is 5.16. The van der Waals surface area contributed by atoms with Crippen LogP contribution in [0.5, 0.6) is 0 Å². The summed E-state index contributed by atoms with van der Waals surface area (Å²) in [6, 6.07) is 0.993. The molecule has 1 aromatic rings. The molecule has 0 radical (unpaired) electrons. The van der Waals surface area contributed by atoms with Crippen LogP contribution < -0.4 is 5.32 Å². The molecular formula is C11H9BrFN3O4. The standard InChI is InChI=1S/C11H9BrFN3O4/c1-15-10(17)4-8(11(15)18)14-7-3-6(13)5(12)2-9(7)16(19)20/h2-3,8,14H,4H2,1H3. The Morgan fingerprint density at radius 2 is 2.15 bits per heavy atom. The first-order valence-electron chi connectivity index (χ1n) is 5.51. The molecule has 0 bridgehead atoms. The fourth-order valence-electron chi connectivity index (χ4n) is 1.86. The first-order valence-corrected chi connectivity index (χ1v) is 6.31. The van der Waals surface area contributed by atoms with Gasteiger partial charge in [0, 0.05) is 19.2 Å². The maximum Gasteiger partial charge on any atom is 0.293 e. The first kappa shape index (κ1) is 14.4. The highest BCUT2D eigenvalue weighted by molar-refractivity contribution is 9.10. The molecular weight excluding hydrogens is 337 g/mol. The minimum Gasteiger partial charge on any atom is -0.368 e. The molecule has 1 unspecified atom stereocenters. The van der Waals surface area contributed by atoms with Crippen molar-refractivity contribution in [3.63, 3.8) is 0 Å². The molecule has 1 N–H and O–H groups in total. The third kappa shape index (κ3) is 2.48. The van der Waals surface area contributed by atoms with Gasteiger partial charge in [0.25, 0.3) is 11.6 Å². The van der Waals surface area contributed by atoms with Gasteiger partial charge in [0.15, 0.2) is 0 Å². The summed E-state index contributed by atoms with van der Waals surface area (Å²) in [5.41, 5.74) is -0.523. The minimum absolute atomic E-state index is 0.0549. The normalized spacial score (nSPS) is 18.6. The number of amides is 2. The third-order valence-electron chi connectivity index (χ3n) is 2.95. The highest BCUT2D eigenvalue weighted by atomic mass is 79.9. The number of nitro groups is 1. The Balaban J connectivity index is 2.34. The van der Waals surface area contributed by atoms with Gasteiger partial charge >= 0.3 is 0 Å². The van der Waals surface area contributed by atoms with E-state index in [1.165, 1.54) is 7.05 Å². The monoisotopic (exact) mass is 345 g/mol. The average molecular weight is 346 g/mol. The van der Waals surface area contributed by atoms with E-state index in [4.69, 9.17) is 0 Å². The molecule has 9 heteroatoms. The molecule has 2 rings (SSSR count). The Morgan fingerprint density at radius 1 is 1.50 bits per heavy atom. The highest BCUT2D eigenvalue weighted by Gasteiger charge is 2.37. The van der Waals surface area contributed by atoms with Gasteiger partial charge in [-0.25, -0.2) is 4.39 Å². The molecule has 2 amide bonds. The number of rotatable bonds is 3. The van der Waals surface area contributed by atoms with Gasteiger partial charge in [-0.05, 0) is 15.9 Å². The van der Waals surface area contributed by atoms with Crippen LogP contribution in [-0.2, 0) is 9.59 Å².